The quantitative estimate of drug-likeness (QED) is 0.596. The van der Waals surface area contributed by atoms with Crippen molar-refractivity contribution >= 4 is 11.9 Å². The van der Waals surface area contributed by atoms with Crippen molar-refractivity contribution in [3.63, 3.8) is 0 Å². The largest absolute Gasteiger partial charge is 0.548 e. The number of aliphatic carboxylic acids is 1. The van der Waals surface area contributed by atoms with Crippen LogP contribution in [0.4, 0.5) is 0 Å². The molecule has 0 aliphatic heterocycles. The van der Waals surface area contributed by atoms with Crippen molar-refractivity contribution in [3.05, 3.63) is 30.3 Å². The van der Waals surface area contributed by atoms with Crippen molar-refractivity contribution < 1.29 is 24.2 Å². The normalized spacial score (nSPS) is 9.78. The maximum absolute atomic E-state index is 11.1. The molecule has 0 saturated carbocycles. The Labute approximate surface area is 105 Å². The highest BCUT2D eigenvalue weighted by Crippen LogP contribution is 2.07. The van der Waals surface area contributed by atoms with E-state index in [9.17, 15) is 14.7 Å². The second kappa shape index (κ2) is 8.08. The van der Waals surface area contributed by atoms with Crippen molar-refractivity contribution in [1.82, 2.24) is 5.32 Å². The number of carbonyl (C=O) groups is 2. The lowest BCUT2D eigenvalue weighted by Crippen LogP contribution is -2.34. The van der Waals surface area contributed by atoms with E-state index < -0.39 is 18.5 Å². The molecular formula is C12H14NO5-. The number of carboxylic acid groups (broad SMARTS) is 1. The molecule has 18 heavy (non-hydrogen) atoms. The molecule has 0 fully saturated rings. The molecule has 6 heteroatoms. The molecule has 1 rings (SSSR count). The summed E-state index contributed by atoms with van der Waals surface area (Å²) < 4.78 is 9.90. The highest BCUT2D eigenvalue weighted by molar-refractivity contribution is 5.77. The zero-order chi connectivity index (χ0) is 13.2. The van der Waals surface area contributed by atoms with Crippen LogP contribution in [0.3, 0.4) is 0 Å². The minimum absolute atomic E-state index is 0.306. The molecule has 0 heterocycles. The molecule has 0 aliphatic rings. The molecule has 0 aliphatic carbocycles. The van der Waals surface area contributed by atoms with Gasteiger partial charge in [-0.15, -0.1) is 0 Å². The highest BCUT2D eigenvalue weighted by atomic mass is 16.5. The third-order valence-electron chi connectivity index (χ3n) is 1.89. The number of ether oxygens (including phenoxy) is 2. The zero-order valence-corrected chi connectivity index (χ0v) is 9.76. The number of carbonyl (C=O) groups excluding carboxylic acids is 2. The van der Waals surface area contributed by atoms with Gasteiger partial charge < -0.3 is 24.7 Å². The van der Waals surface area contributed by atoms with Crippen molar-refractivity contribution in [2.45, 2.75) is 0 Å². The Morgan fingerprint density at radius 3 is 2.56 bits per heavy atom. The van der Waals surface area contributed by atoms with Gasteiger partial charge in [-0.2, -0.15) is 0 Å². The summed E-state index contributed by atoms with van der Waals surface area (Å²) >= 11 is 0. The first-order chi connectivity index (χ1) is 8.68. The smallest absolute Gasteiger partial charge is 0.246 e. The molecule has 1 amide bonds. The summed E-state index contributed by atoms with van der Waals surface area (Å²) in [5, 5.41) is 12.5. The summed E-state index contributed by atoms with van der Waals surface area (Å²) in [5.74, 6) is -1.02. The van der Waals surface area contributed by atoms with Crippen LogP contribution in [0.25, 0.3) is 0 Å². The molecule has 0 aromatic heterocycles. The summed E-state index contributed by atoms with van der Waals surface area (Å²) in [4.78, 5) is 21.1. The maximum Gasteiger partial charge on any atom is 0.246 e. The van der Waals surface area contributed by atoms with Crippen LogP contribution in [0.15, 0.2) is 30.3 Å². The van der Waals surface area contributed by atoms with E-state index in [0.717, 1.165) is 5.75 Å². The molecule has 6 nitrogen and oxygen atoms in total. The lowest BCUT2D eigenvalue weighted by Gasteiger charge is -2.08. The van der Waals surface area contributed by atoms with Crippen LogP contribution in [0.1, 0.15) is 0 Å². The number of rotatable bonds is 8. The maximum atomic E-state index is 11.1. The van der Waals surface area contributed by atoms with Gasteiger partial charge in [0.05, 0.1) is 19.1 Å². The standard InChI is InChI=1S/C12H15NO5/c14-11(8-17-9-12(15)16)13-6-7-18-10-4-2-1-3-5-10/h1-5H,6-9H2,(H,13,14)(H,15,16)/p-1. The monoisotopic (exact) mass is 252 g/mol. The average molecular weight is 252 g/mol. The third-order valence-corrected chi connectivity index (χ3v) is 1.89. The summed E-state index contributed by atoms with van der Waals surface area (Å²) in [7, 11) is 0. The number of hydrogen-bond donors (Lipinski definition) is 1. The molecule has 0 spiro atoms. The number of benzene rings is 1. The Balaban J connectivity index is 2.04. The third kappa shape index (κ3) is 6.49. The van der Waals surface area contributed by atoms with Gasteiger partial charge in [-0.25, -0.2) is 0 Å². The van der Waals surface area contributed by atoms with Crippen LogP contribution in [0.2, 0.25) is 0 Å². The van der Waals surface area contributed by atoms with Gasteiger partial charge in [0.2, 0.25) is 5.91 Å². The summed E-state index contributed by atoms with van der Waals surface area (Å²) in [5.41, 5.74) is 0. The van der Waals surface area contributed by atoms with Gasteiger partial charge >= 0.3 is 0 Å². The number of carboxylic acids is 1. The van der Waals surface area contributed by atoms with Crippen LogP contribution < -0.4 is 15.2 Å². The zero-order valence-electron chi connectivity index (χ0n) is 9.76. The summed E-state index contributed by atoms with van der Waals surface area (Å²) in [6.07, 6.45) is 0. The molecule has 1 aromatic carbocycles. The van der Waals surface area contributed by atoms with Gasteiger partial charge in [-0.1, -0.05) is 18.2 Å². The van der Waals surface area contributed by atoms with Crippen LogP contribution in [0, 0.1) is 0 Å². The summed E-state index contributed by atoms with van der Waals surface area (Å²) in [6.45, 7) is -0.244. The second-order valence-electron chi connectivity index (χ2n) is 3.38. The molecule has 98 valence electrons. The Morgan fingerprint density at radius 2 is 1.89 bits per heavy atom. The fourth-order valence-electron chi connectivity index (χ4n) is 1.15. The summed E-state index contributed by atoms with van der Waals surface area (Å²) in [6, 6.07) is 9.20. The Kier molecular flexibility index (Phi) is 6.27. The number of amides is 1. The lowest BCUT2D eigenvalue weighted by atomic mass is 10.3. The number of hydrogen-bond acceptors (Lipinski definition) is 5. The number of para-hydroxylation sites is 1. The minimum Gasteiger partial charge on any atom is -0.548 e. The Hall–Kier alpha value is -2.08. The van der Waals surface area contributed by atoms with Crippen molar-refractivity contribution in [3.8, 4) is 5.75 Å². The molecular weight excluding hydrogens is 238 g/mol. The lowest BCUT2D eigenvalue weighted by molar-refractivity contribution is -0.309. The highest BCUT2D eigenvalue weighted by Gasteiger charge is 2.00. The first-order valence-electron chi connectivity index (χ1n) is 5.40. The van der Waals surface area contributed by atoms with Gasteiger partial charge in [-0.3, -0.25) is 4.79 Å². The fourth-order valence-corrected chi connectivity index (χ4v) is 1.15. The average Bonchev–Trinajstić information content (AvgIpc) is 2.35. The van der Waals surface area contributed by atoms with Crippen LogP contribution in [0.5, 0.6) is 5.75 Å². The number of nitrogens with one attached hydrogen (secondary N) is 1. The SMILES string of the molecule is O=C([O-])COCC(=O)NCCOc1ccccc1. The van der Waals surface area contributed by atoms with Gasteiger partial charge in [0.15, 0.2) is 0 Å². The molecule has 0 saturated heterocycles. The predicted octanol–water partition coefficient (Wildman–Crippen LogP) is -1.05. The van der Waals surface area contributed by atoms with E-state index in [1.807, 2.05) is 30.3 Å². The fraction of sp³-hybridized carbons (Fsp3) is 0.333. The van der Waals surface area contributed by atoms with Crippen molar-refractivity contribution in [2.75, 3.05) is 26.4 Å². The van der Waals surface area contributed by atoms with E-state index in [1.165, 1.54) is 0 Å². The Morgan fingerprint density at radius 1 is 1.17 bits per heavy atom. The first kappa shape index (κ1) is 14.0. The Bertz CT molecular complexity index is 379. The molecule has 1 N–H and O–H groups in total. The van der Waals surface area contributed by atoms with E-state index in [4.69, 9.17) is 4.74 Å². The van der Waals surface area contributed by atoms with Crippen LogP contribution in [-0.2, 0) is 14.3 Å². The molecule has 0 bridgehead atoms. The van der Waals surface area contributed by atoms with Crippen LogP contribution >= 0.6 is 0 Å². The van der Waals surface area contributed by atoms with Crippen molar-refractivity contribution in [1.29, 1.82) is 0 Å². The van der Waals surface area contributed by atoms with Crippen molar-refractivity contribution in [2.24, 2.45) is 0 Å². The van der Waals surface area contributed by atoms with E-state index in [0.29, 0.717) is 13.2 Å². The molecule has 0 unspecified atom stereocenters. The first-order valence-corrected chi connectivity index (χ1v) is 5.40. The van der Waals surface area contributed by atoms with E-state index in [1.54, 1.807) is 0 Å². The second-order valence-corrected chi connectivity index (χ2v) is 3.38. The van der Waals surface area contributed by atoms with Gasteiger partial charge in [0, 0.05) is 0 Å². The molecule has 0 radical (unpaired) electrons. The van der Waals surface area contributed by atoms with E-state index in [2.05, 4.69) is 10.1 Å². The van der Waals surface area contributed by atoms with E-state index in [-0.39, 0.29) is 6.61 Å². The van der Waals surface area contributed by atoms with E-state index >= 15 is 0 Å². The van der Waals surface area contributed by atoms with Gasteiger partial charge in [0.25, 0.3) is 0 Å². The predicted molar refractivity (Wildman–Crippen MR) is 60.8 cm³/mol. The molecule has 1 aromatic rings. The van der Waals surface area contributed by atoms with Gasteiger partial charge in [-0.05, 0) is 12.1 Å². The topological polar surface area (TPSA) is 87.7 Å². The van der Waals surface area contributed by atoms with Crippen LogP contribution in [-0.4, -0.2) is 38.2 Å². The minimum atomic E-state index is -1.35. The van der Waals surface area contributed by atoms with Gasteiger partial charge in [0.1, 0.15) is 19.0 Å². The molecule has 0 atom stereocenters.